The van der Waals surface area contributed by atoms with Gasteiger partial charge in [0, 0.05) is 12.0 Å². The molecule has 0 aliphatic rings. The molecule has 0 aliphatic heterocycles. The van der Waals surface area contributed by atoms with Gasteiger partial charge in [-0.15, -0.1) is 0 Å². The minimum absolute atomic E-state index is 0.339. The highest BCUT2D eigenvalue weighted by molar-refractivity contribution is 5.77. The van der Waals surface area contributed by atoms with Crippen LogP contribution in [0.1, 0.15) is 24.8 Å². The molecular weight excluding hydrogens is 219 g/mol. The molecule has 1 atom stereocenters. The number of rotatable bonds is 3. The number of nitriles is 1. The van der Waals surface area contributed by atoms with Gasteiger partial charge in [0.2, 0.25) is 0 Å². The molecule has 0 aliphatic carbocycles. The summed E-state index contributed by atoms with van der Waals surface area (Å²) in [4.78, 5) is 10.8. The molecule has 1 aromatic rings. The van der Waals surface area contributed by atoms with Crippen LogP contribution >= 0.6 is 0 Å². The highest BCUT2D eigenvalue weighted by Gasteiger charge is 2.23. The summed E-state index contributed by atoms with van der Waals surface area (Å²) >= 11 is 0. The molecule has 16 heavy (non-hydrogen) atoms. The van der Waals surface area contributed by atoms with Crippen molar-refractivity contribution in [1.29, 1.82) is 5.26 Å². The smallest absolute Gasteiger partial charge is 0.166 e. The Morgan fingerprint density at radius 2 is 1.94 bits per heavy atom. The average molecular weight is 227 g/mol. The van der Waals surface area contributed by atoms with E-state index in [2.05, 4.69) is 0 Å². The molecule has 1 unspecified atom stereocenters. The highest BCUT2D eigenvalue weighted by atomic mass is 19.2. The van der Waals surface area contributed by atoms with E-state index < -0.39 is 34.7 Å². The van der Waals surface area contributed by atoms with Gasteiger partial charge in [0.15, 0.2) is 11.6 Å². The van der Waals surface area contributed by atoms with Crippen LogP contribution in [0.15, 0.2) is 12.1 Å². The summed E-state index contributed by atoms with van der Waals surface area (Å²) in [5.41, 5.74) is -0.683. The minimum atomic E-state index is -1.41. The van der Waals surface area contributed by atoms with E-state index >= 15 is 0 Å². The molecule has 0 aromatic heterocycles. The monoisotopic (exact) mass is 227 g/mol. The van der Waals surface area contributed by atoms with Crippen molar-refractivity contribution in [3.8, 4) is 6.07 Å². The highest BCUT2D eigenvalue weighted by Crippen LogP contribution is 2.26. The predicted octanol–water partition coefficient (Wildman–Crippen LogP) is 2.69. The summed E-state index contributed by atoms with van der Waals surface area (Å²) in [6, 6.07) is 2.96. The first-order valence-corrected chi connectivity index (χ1v) is 4.49. The van der Waals surface area contributed by atoms with E-state index in [0.717, 1.165) is 6.07 Å². The summed E-state index contributed by atoms with van der Waals surface area (Å²) in [5.74, 6) is -5.36. The Bertz CT molecular complexity index is 465. The van der Waals surface area contributed by atoms with Gasteiger partial charge in [0.25, 0.3) is 0 Å². The van der Waals surface area contributed by atoms with E-state index in [-0.39, 0.29) is 6.42 Å². The fourth-order valence-electron chi connectivity index (χ4n) is 1.36. The number of Topliss-reactive ketones (excluding diaryl/α,β-unsaturated/α-hetero) is 1. The van der Waals surface area contributed by atoms with Crippen LogP contribution in [-0.4, -0.2) is 5.78 Å². The van der Waals surface area contributed by atoms with Crippen LogP contribution in [-0.2, 0) is 4.79 Å². The summed E-state index contributed by atoms with van der Waals surface area (Å²) in [7, 11) is 0. The van der Waals surface area contributed by atoms with E-state index in [9.17, 15) is 18.0 Å². The molecule has 0 fully saturated rings. The molecule has 0 bridgehead atoms. The van der Waals surface area contributed by atoms with Crippen LogP contribution < -0.4 is 0 Å². The van der Waals surface area contributed by atoms with Gasteiger partial charge in [-0.1, -0.05) is 0 Å². The Balaban J connectivity index is 3.25. The lowest BCUT2D eigenvalue weighted by atomic mass is 9.94. The number of carbonyl (C=O) groups is 1. The van der Waals surface area contributed by atoms with E-state index in [0.29, 0.717) is 6.07 Å². The number of ketones is 1. The molecule has 0 spiro atoms. The summed E-state index contributed by atoms with van der Waals surface area (Å²) in [5, 5.41) is 8.71. The summed E-state index contributed by atoms with van der Waals surface area (Å²) in [6.07, 6.45) is -0.339. The first kappa shape index (κ1) is 12.2. The molecule has 0 radical (unpaired) electrons. The maximum atomic E-state index is 13.3. The molecule has 0 heterocycles. The molecule has 0 saturated carbocycles. The van der Waals surface area contributed by atoms with Crippen molar-refractivity contribution in [2.75, 3.05) is 0 Å². The van der Waals surface area contributed by atoms with E-state index in [1.165, 1.54) is 6.92 Å². The number of hydrogen-bond acceptors (Lipinski definition) is 2. The van der Waals surface area contributed by atoms with Crippen LogP contribution in [0.4, 0.5) is 13.2 Å². The van der Waals surface area contributed by atoms with Gasteiger partial charge < -0.3 is 0 Å². The number of halogens is 3. The Labute approximate surface area is 90.3 Å². The van der Waals surface area contributed by atoms with Gasteiger partial charge in [0.1, 0.15) is 11.6 Å². The van der Waals surface area contributed by atoms with Gasteiger partial charge in [-0.05, 0) is 19.1 Å². The van der Waals surface area contributed by atoms with E-state index in [1.807, 2.05) is 0 Å². The van der Waals surface area contributed by atoms with Crippen LogP contribution in [0.2, 0.25) is 0 Å². The third-order valence-corrected chi connectivity index (χ3v) is 2.08. The van der Waals surface area contributed by atoms with Gasteiger partial charge in [-0.2, -0.15) is 5.26 Å². The molecule has 5 heteroatoms. The van der Waals surface area contributed by atoms with Crippen molar-refractivity contribution in [1.82, 2.24) is 0 Å². The quantitative estimate of drug-likeness (QED) is 0.745. The second-order valence-electron chi connectivity index (χ2n) is 3.34. The molecule has 0 amide bonds. The second-order valence-corrected chi connectivity index (χ2v) is 3.34. The standard InChI is InChI=1S/C11H8F3NO/c1-6(16)4-7(5-15)10-8(12)2-3-9(13)11(10)14/h2-3,7H,4H2,1H3. The van der Waals surface area contributed by atoms with Crippen molar-refractivity contribution in [3.63, 3.8) is 0 Å². The number of nitrogens with zero attached hydrogens (tertiary/aromatic N) is 1. The van der Waals surface area contributed by atoms with Crippen molar-refractivity contribution in [3.05, 3.63) is 35.1 Å². The van der Waals surface area contributed by atoms with E-state index in [1.54, 1.807) is 6.07 Å². The van der Waals surface area contributed by atoms with Crippen molar-refractivity contribution < 1.29 is 18.0 Å². The molecule has 2 nitrogen and oxygen atoms in total. The molecule has 84 valence electrons. The topological polar surface area (TPSA) is 40.9 Å². The fraction of sp³-hybridized carbons (Fsp3) is 0.273. The molecule has 1 rings (SSSR count). The largest absolute Gasteiger partial charge is 0.300 e. The van der Waals surface area contributed by atoms with Crippen LogP contribution in [0.25, 0.3) is 0 Å². The molecular formula is C11H8F3NO. The van der Waals surface area contributed by atoms with Crippen LogP contribution in [0.3, 0.4) is 0 Å². The maximum absolute atomic E-state index is 13.3. The lowest BCUT2D eigenvalue weighted by molar-refractivity contribution is -0.117. The number of carbonyl (C=O) groups excluding carboxylic acids is 1. The Morgan fingerprint density at radius 3 is 2.44 bits per heavy atom. The van der Waals surface area contributed by atoms with E-state index in [4.69, 9.17) is 5.26 Å². The zero-order valence-electron chi connectivity index (χ0n) is 8.43. The summed E-state index contributed by atoms with van der Waals surface area (Å²) < 4.78 is 39.4. The van der Waals surface area contributed by atoms with Crippen LogP contribution in [0, 0.1) is 28.8 Å². The lowest BCUT2D eigenvalue weighted by Gasteiger charge is -2.10. The van der Waals surface area contributed by atoms with Crippen molar-refractivity contribution >= 4 is 5.78 Å². The molecule has 0 saturated heterocycles. The summed E-state index contributed by atoms with van der Waals surface area (Å²) in [6.45, 7) is 1.19. The zero-order chi connectivity index (χ0) is 12.3. The SMILES string of the molecule is CC(=O)CC(C#N)c1c(F)ccc(F)c1F. The van der Waals surface area contributed by atoms with Gasteiger partial charge in [-0.3, -0.25) is 4.79 Å². The Hall–Kier alpha value is -1.83. The maximum Gasteiger partial charge on any atom is 0.166 e. The van der Waals surface area contributed by atoms with Gasteiger partial charge >= 0.3 is 0 Å². The van der Waals surface area contributed by atoms with Crippen molar-refractivity contribution in [2.24, 2.45) is 0 Å². The second kappa shape index (κ2) is 4.79. The third kappa shape index (κ3) is 2.40. The first-order valence-electron chi connectivity index (χ1n) is 4.49. The van der Waals surface area contributed by atoms with Crippen LogP contribution in [0.5, 0.6) is 0 Å². The average Bonchev–Trinajstić information content (AvgIpc) is 2.22. The van der Waals surface area contributed by atoms with Gasteiger partial charge in [-0.25, -0.2) is 13.2 Å². The normalized spacial score (nSPS) is 11.9. The predicted molar refractivity (Wildman–Crippen MR) is 50.0 cm³/mol. The first-order chi connectivity index (χ1) is 7.47. The minimum Gasteiger partial charge on any atom is -0.300 e. The molecule has 1 aromatic carbocycles. The Morgan fingerprint density at radius 1 is 1.38 bits per heavy atom. The van der Waals surface area contributed by atoms with Crippen molar-refractivity contribution in [2.45, 2.75) is 19.3 Å². The lowest BCUT2D eigenvalue weighted by Crippen LogP contribution is -2.08. The zero-order valence-corrected chi connectivity index (χ0v) is 8.43. The van der Waals surface area contributed by atoms with Gasteiger partial charge in [0.05, 0.1) is 12.0 Å². The Kier molecular flexibility index (Phi) is 3.67. The molecule has 0 N–H and O–H groups in total. The number of benzene rings is 1. The number of hydrogen-bond donors (Lipinski definition) is 0. The fourth-order valence-corrected chi connectivity index (χ4v) is 1.36. The third-order valence-electron chi connectivity index (χ3n) is 2.08.